The largest absolute Gasteiger partial charge is 0.477 e. The van der Waals surface area contributed by atoms with Gasteiger partial charge in [0.15, 0.2) is 5.69 Å². The molecule has 0 radical (unpaired) electrons. The molecule has 26 heavy (non-hydrogen) atoms. The highest BCUT2D eigenvalue weighted by molar-refractivity contribution is 5.92. The van der Waals surface area contributed by atoms with E-state index in [9.17, 15) is 4.79 Å². The first-order chi connectivity index (χ1) is 12.8. The van der Waals surface area contributed by atoms with Gasteiger partial charge in [-0.05, 0) is 24.1 Å². The summed E-state index contributed by atoms with van der Waals surface area (Å²) < 4.78 is 5.29. The van der Waals surface area contributed by atoms with Gasteiger partial charge in [-0.25, -0.2) is 0 Å². The van der Waals surface area contributed by atoms with E-state index in [2.05, 4.69) is 10.2 Å². The van der Waals surface area contributed by atoms with Crippen molar-refractivity contribution in [2.45, 2.75) is 20.0 Å². The maximum atomic E-state index is 13.0. The van der Waals surface area contributed by atoms with E-state index in [4.69, 9.17) is 4.74 Å². The molecule has 0 saturated carbocycles. The summed E-state index contributed by atoms with van der Waals surface area (Å²) in [7, 11) is 0. The van der Waals surface area contributed by atoms with Crippen LogP contribution in [-0.2, 0) is 13.1 Å². The number of rotatable bonds is 7. The zero-order valence-electron chi connectivity index (χ0n) is 14.7. The number of ether oxygens (including phenoxy) is 1. The number of hydrogen-bond donors (Lipinski definition) is 0. The van der Waals surface area contributed by atoms with Crippen molar-refractivity contribution in [1.82, 2.24) is 15.1 Å². The van der Waals surface area contributed by atoms with Crippen LogP contribution in [0, 0.1) is 0 Å². The van der Waals surface area contributed by atoms with Gasteiger partial charge in [-0.3, -0.25) is 4.79 Å². The van der Waals surface area contributed by atoms with Crippen molar-refractivity contribution in [3.05, 3.63) is 89.6 Å². The summed E-state index contributed by atoms with van der Waals surface area (Å²) in [5.74, 6) is 0.259. The molecule has 1 heterocycles. The maximum absolute atomic E-state index is 13.0. The minimum atomic E-state index is -0.159. The van der Waals surface area contributed by atoms with Crippen molar-refractivity contribution in [2.24, 2.45) is 0 Å². The Morgan fingerprint density at radius 1 is 0.846 bits per heavy atom. The van der Waals surface area contributed by atoms with E-state index < -0.39 is 0 Å². The van der Waals surface area contributed by atoms with Gasteiger partial charge in [-0.1, -0.05) is 60.7 Å². The number of amides is 1. The van der Waals surface area contributed by atoms with E-state index in [0.717, 1.165) is 11.1 Å². The highest BCUT2D eigenvalue weighted by Crippen LogP contribution is 2.14. The Kier molecular flexibility index (Phi) is 5.93. The summed E-state index contributed by atoms with van der Waals surface area (Å²) >= 11 is 0. The molecule has 5 nitrogen and oxygen atoms in total. The van der Waals surface area contributed by atoms with Crippen molar-refractivity contribution in [3.8, 4) is 5.88 Å². The normalized spacial score (nSPS) is 10.3. The quantitative estimate of drug-likeness (QED) is 0.654. The fourth-order valence-corrected chi connectivity index (χ4v) is 2.63. The molecule has 0 fully saturated rings. The molecule has 0 bridgehead atoms. The van der Waals surface area contributed by atoms with Crippen molar-refractivity contribution in [3.63, 3.8) is 0 Å². The third kappa shape index (κ3) is 4.66. The van der Waals surface area contributed by atoms with Gasteiger partial charge in [0.05, 0.1) is 6.61 Å². The number of carbonyl (C=O) groups is 1. The molecule has 0 saturated heterocycles. The zero-order chi connectivity index (χ0) is 18.2. The van der Waals surface area contributed by atoms with E-state index >= 15 is 0 Å². The van der Waals surface area contributed by atoms with Crippen LogP contribution in [-0.4, -0.2) is 27.6 Å². The fraction of sp³-hybridized carbons (Fsp3) is 0.190. The Morgan fingerprint density at radius 2 is 1.42 bits per heavy atom. The molecule has 0 N–H and O–H groups in total. The second-order valence-electron chi connectivity index (χ2n) is 5.82. The minimum absolute atomic E-state index is 0.159. The van der Waals surface area contributed by atoms with Crippen molar-refractivity contribution in [1.29, 1.82) is 0 Å². The van der Waals surface area contributed by atoms with Gasteiger partial charge in [0, 0.05) is 19.2 Å². The molecule has 0 aliphatic rings. The standard InChI is InChI=1S/C21H21N3O2/c1-2-26-20-14-13-19(22-23-20)21(25)24(15-17-9-5-3-6-10-17)16-18-11-7-4-8-12-18/h3-14H,2,15-16H2,1H3. The number of nitrogens with zero attached hydrogens (tertiary/aromatic N) is 3. The average Bonchev–Trinajstić information content (AvgIpc) is 2.69. The number of hydrogen-bond acceptors (Lipinski definition) is 4. The van der Waals surface area contributed by atoms with E-state index in [1.165, 1.54) is 0 Å². The van der Waals surface area contributed by atoms with Crippen LogP contribution in [0.4, 0.5) is 0 Å². The number of benzene rings is 2. The predicted octanol–water partition coefficient (Wildman–Crippen LogP) is 3.72. The van der Waals surface area contributed by atoms with Crippen molar-refractivity contribution >= 4 is 5.91 Å². The highest BCUT2D eigenvalue weighted by atomic mass is 16.5. The van der Waals surface area contributed by atoms with Crippen LogP contribution in [0.5, 0.6) is 5.88 Å². The second-order valence-corrected chi connectivity index (χ2v) is 5.82. The molecule has 1 amide bonds. The molecule has 0 atom stereocenters. The summed E-state index contributed by atoms with van der Waals surface area (Å²) in [6, 6.07) is 23.2. The van der Waals surface area contributed by atoms with E-state index in [1.807, 2.05) is 67.6 Å². The smallest absolute Gasteiger partial charge is 0.274 e. The Hall–Kier alpha value is -3.21. The highest BCUT2D eigenvalue weighted by Gasteiger charge is 2.18. The Morgan fingerprint density at radius 3 is 1.88 bits per heavy atom. The zero-order valence-corrected chi connectivity index (χ0v) is 14.7. The molecule has 0 unspecified atom stereocenters. The van der Waals surface area contributed by atoms with Crippen molar-refractivity contribution in [2.75, 3.05) is 6.61 Å². The SMILES string of the molecule is CCOc1ccc(C(=O)N(Cc2ccccc2)Cc2ccccc2)nn1. The van der Waals surface area contributed by atoms with Gasteiger partial charge in [0.25, 0.3) is 5.91 Å². The summed E-state index contributed by atoms with van der Waals surface area (Å²) in [5.41, 5.74) is 2.44. The lowest BCUT2D eigenvalue weighted by molar-refractivity contribution is 0.0722. The van der Waals surface area contributed by atoms with E-state index in [0.29, 0.717) is 31.3 Å². The van der Waals surface area contributed by atoms with Gasteiger partial charge < -0.3 is 9.64 Å². The van der Waals surface area contributed by atoms with Crippen LogP contribution in [0.2, 0.25) is 0 Å². The summed E-state index contributed by atoms with van der Waals surface area (Å²) in [4.78, 5) is 14.8. The maximum Gasteiger partial charge on any atom is 0.274 e. The number of aromatic nitrogens is 2. The summed E-state index contributed by atoms with van der Waals surface area (Å²) in [6.07, 6.45) is 0. The monoisotopic (exact) mass is 347 g/mol. The number of carbonyl (C=O) groups excluding carboxylic acids is 1. The average molecular weight is 347 g/mol. The topological polar surface area (TPSA) is 55.3 Å². The molecule has 0 aliphatic heterocycles. The first-order valence-electron chi connectivity index (χ1n) is 8.60. The van der Waals surface area contributed by atoms with Crippen LogP contribution < -0.4 is 4.74 Å². The molecule has 0 spiro atoms. The molecule has 1 aromatic heterocycles. The predicted molar refractivity (Wildman–Crippen MR) is 99.7 cm³/mol. The first-order valence-corrected chi connectivity index (χ1v) is 8.60. The molecule has 3 aromatic rings. The minimum Gasteiger partial charge on any atom is -0.477 e. The van der Waals surface area contributed by atoms with Gasteiger partial charge in [-0.2, -0.15) is 0 Å². The summed E-state index contributed by atoms with van der Waals surface area (Å²) in [6.45, 7) is 3.39. The molecule has 132 valence electrons. The first kappa shape index (κ1) is 17.6. The van der Waals surface area contributed by atoms with Crippen LogP contribution >= 0.6 is 0 Å². The lowest BCUT2D eigenvalue weighted by Gasteiger charge is -2.22. The van der Waals surface area contributed by atoms with Gasteiger partial charge in [-0.15, -0.1) is 10.2 Å². The molecular formula is C21H21N3O2. The van der Waals surface area contributed by atoms with Crippen molar-refractivity contribution < 1.29 is 9.53 Å². The Balaban J connectivity index is 1.82. The van der Waals surface area contributed by atoms with Crippen LogP contribution in [0.3, 0.4) is 0 Å². The van der Waals surface area contributed by atoms with E-state index in [-0.39, 0.29) is 5.91 Å². The molecular weight excluding hydrogens is 326 g/mol. The fourth-order valence-electron chi connectivity index (χ4n) is 2.63. The Bertz CT molecular complexity index is 779. The van der Waals surface area contributed by atoms with Crippen LogP contribution in [0.25, 0.3) is 0 Å². The molecule has 2 aromatic carbocycles. The molecule has 5 heteroatoms. The lowest BCUT2D eigenvalue weighted by atomic mass is 10.1. The third-order valence-electron chi connectivity index (χ3n) is 3.87. The van der Waals surface area contributed by atoms with Gasteiger partial charge >= 0.3 is 0 Å². The Labute approximate surface area is 153 Å². The van der Waals surface area contributed by atoms with Gasteiger partial charge in [0.2, 0.25) is 5.88 Å². The molecule has 0 aliphatic carbocycles. The van der Waals surface area contributed by atoms with Crippen LogP contribution in [0.15, 0.2) is 72.8 Å². The molecule has 3 rings (SSSR count). The van der Waals surface area contributed by atoms with Crippen LogP contribution in [0.1, 0.15) is 28.5 Å². The third-order valence-corrected chi connectivity index (χ3v) is 3.87. The summed E-state index contributed by atoms with van der Waals surface area (Å²) in [5, 5.41) is 8.00. The van der Waals surface area contributed by atoms with E-state index in [1.54, 1.807) is 17.0 Å². The second kappa shape index (κ2) is 8.76. The lowest BCUT2D eigenvalue weighted by Crippen LogP contribution is -2.31. The van der Waals surface area contributed by atoms with Gasteiger partial charge in [0.1, 0.15) is 0 Å².